The average Bonchev–Trinajstić information content (AvgIpc) is 2.60. The number of nitrogens with zero attached hydrogens (tertiary/aromatic N) is 1. The van der Waals surface area contributed by atoms with E-state index in [1.165, 1.54) is 6.21 Å². The number of fused-ring (bicyclic) bond motifs is 3. The number of pyridine rings is 1. The second kappa shape index (κ2) is 6.44. The van der Waals surface area contributed by atoms with Gasteiger partial charge < -0.3 is 16.9 Å². The first kappa shape index (κ1) is 17.9. The molecule has 0 radical (unpaired) electrons. The fourth-order valence-electron chi connectivity index (χ4n) is 3.35. The van der Waals surface area contributed by atoms with Crippen LogP contribution >= 0.6 is 0 Å². The van der Waals surface area contributed by atoms with E-state index in [0.717, 1.165) is 29.4 Å². The average molecular weight is 361 g/mol. The van der Waals surface area contributed by atoms with Gasteiger partial charge in [-0.1, -0.05) is 0 Å². The molecule has 0 saturated heterocycles. The molecule has 3 rings (SSSR count). The van der Waals surface area contributed by atoms with Gasteiger partial charge in [0, 0.05) is 22.9 Å². The Morgan fingerprint density at radius 2 is 1.81 bits per heavy atom. The van der Waals surface area contributed by atoms with Crippen LogP contribution in [-0.4, -0.2) is 23.1 Å². The molecule has 2 aromatic rings. The predicted octanol–water partition coefficient (Wildman–Crippen LogP) is 3.47. The number of alkyl halides is 3. The number of nitrogens with one attached hydrogen (secondary N) is 2. The maximum absolute atomic E-state index is 12.7. The highest BCUT2D eigenvalue weighted by Crippen LogP contribution is 2.34. The highest BCUT2D eigenvalue weighted by atomic mass is 19.4. The van der Waals surface area contributed by atoms with E-state index < -0.39 is 11.9 Å². The SMILES string of the molecule is N=Cc1c(N)ccc2nc(C(=N)/C=C(\N)C(F)(F)F)c3c(c12)CCCC3. The highest BCUT2D eigenvalue weighted by Gasteiger charge is 2.32. The van der Waals surface area contributed by atoms with Crippen LogP contribution in [-0.2, 0) is 12.8 Å². The lowest BCUT2D eigenvalue weighted by molar-refractivity contribution is -0.0925. The van der Waals surface area contributed by atoms with Crippen LogP contribution in [0.2, 0.25) is 0 Å². The van der Waals surface area contributed by atoms with Crippen molar-refractivity contribution in [3.8, 4) is 0 Å². The number of aryl methyl sites for hydroxylation is 1. The number of hydrogen-bond donors (Lipinski definition) is 4. The first-order valence-electron chi connectivity index (χ1n) is 8.11. The number of allylic oxidation sites excluding steroid dienone is 2. The highest BCUT2D eigenvalue weighted by molar-refractivity contribution is 6.10. The summed E-state index contributed by atoms with van der Waals surface area (Å²) >= 11 is 0. The molecule has 1 aliphatic carbocycles. The zero-order valence-corrected chi connectivity index (χ0v) is 13.9. The minimum Gasteiger partial charge on any atom is -0.398 e. The molecule has 136 valence electrons. The summed E-state index contributed by atoms with van der Waals surface area (Å²) < 4.78 is 38.1. The molecule has 5 nitrogen and oxygen atoms in total. The summed E-state index contributed by atoms with van der Waals surface area (Å²) in [6.07, 6.45) is 0.190. The molecular formula is C18H18F3N5. The van der Waals surface area contributed by atoms with Crippen molar-refractivity contribution in [1.29, 1.82) is 10.8 Å². The van der Waals surface area contributed by atoms with E-state index in [0.29, 0.717) is 35.7 Å². The van der Waals surface area contributed by atoms with Gasteiger partial charge in [0.05, 0.1) is 16.9 Å². The third-order valence-electron chi connectivity index (χ3n) is 4.57. The minimum atomic E-state index is -4.69. The summed E-state index contributed by atoms with van der Waals surface area (Å²) in [5, 5.41) is 16.5. The van der Waals surface area contributed by atoms with Crippen molar-refractivity contribution >= 4 is 28.5 Å². The standard InChI is InChI=1S/C18H18F3N5/c19-18(20,21)15(25)7-13(24)17-10-4-2-1-3-9(10)16-11(8-22)12(23)5-6-14(16)26-17/h5-8,22,24H,1-4,23,25H2/b15-7-,22-8?,24-13?. The Morgan fingerprint density at radius 3 is 2.42 bits per heavy atom. The van der Waals surface area contributed by atoms with Crippen LogP contribution in [0.3, 0.4) is 0 Å². The lowest BCUT2D eigenvalue weighted by Crippen LogP contribution is -2.22. The second-order valence-corrected chi connectivity index (χ2v) is 6.24. The Kier molecular flexibility index (Phi) is 4.43. The molecule has 0 saturated carbocycles. The van der Waals surface area contributed by atoms with Gasteiger partial charge in [0.25, 0.3) is 0 Å². The van der Waals surface area contributed by atoms with Crippen molar-refractivity contribution in [2.24, 2.45) is 5.73 Å². The van der Waals surface area contributed by atoms with Gasteiger partial charge in [-0.25, -0.2) is 4.98 Å². The van der Waals surface area contributed by atoms with Crippen molar-refractivity contribution in [1.82, 2.24) is 4.98 Å². The fraction of sp³-hybridized carbons (Fsp3) is 0.278. The molecule has 26 heavy (non-hydrogen) atoms. The lowest BCUT2D eigenvalue weighted by atomic mass is 9.85. The van der Waals surface area contributed by atoms with Crippen molar-refractivity contribution in [3.05, 3.63) is 46.3 Å². The molecule has 0 spiro atoms. The van der Waals surface area contributed by atoms with Crippen LogP contribution < -0.4 is 11.5 Å². The molecule has 0 atom stereocenters. The number of rotatable bonds is 3. The normalized spacial score (nSPS) is 15.0. The summed E-state index contributed by atoms with van der Waals surface area (Å²) in [6, 6.07) is 3.28. The van der Waals surface area contributed by atoms with E-state index in [4.69, 9.17) is 22.3 Å². The van der Waals surface area contributed by atoms with Gasteiger partial charge in [-0.05, 0) is 55.0 Å². The van der Waals surface area contributed by atoms with Crippen LogP contribution in [0.5, 0.6) is 0 Å². The zero-order chi connectivity index (χ0) is 19.1. The van der Waals surface area contributed by atoms with E-state index in [1.807, 2.05) is 0 Å². The van der Waals surface area contributed by atoms with Crippen molar-refractivity contribution in [3.63, 3.8) is 0 Å². The smallest absolute Gasteiger partial charge is 0.398 e. The quantitative estimate of drug-likeness (QED) is 0.496. The van der Waals surface area contributed by atoms with Crippen LogP contribution in [0.25, 0.3) is 10.9 Å². The zero-order valence-electron chi connectivity index (χ0n) is 13.9. The molecular weight excluding hydrogens is 343 g/mol. The number of anilines is 1. The Morgan fingerprint density at radius 1 is 1.15 bits per heavy atom. The van der Waals surface area contributed by atoms with Gasteiger partial charge in [0.2, 0.25) is 0 Å². The number of hydrogen-bond acceptors (Lipinski definition) is 5. The van der Waals surface area contributed by atoms with Crippen molar-refractivity contribution in [2.75, 3.05) is 5.73 Å². The summed E-state index contributed by atoms with van der Waals surface area (Å²) in [7, 11) is 0. The van der Waals surface area contributed by atoms with Crippen LogP contribution in [0, 0.1) is 10.8 Å². The minimum absolute atomic E-state index is 0.208. The fourth-order valence-corrected chi connectivity index (χ4v) is 3.35. The number of halogens is 3. The second-order valence-electron chi connectivity index (χ2n) is 6.24. The summed E-state index contributed by atoms with van der Waals surface area (Å²) in [5.74, 6) is 0. The van der Waals surface area contributed by atoms with Crippen LogP contribution in [0.1, 0.15) is 35.2 Å². The molecule has 0 fully saturated rings. The Hall–Kier alpha value is -2.90. The lowest BCUT2D eigenvalue weighted by Gasteiger charge is -2.22. The van der Waals surface area contributed by atoms with Crippen molar-refractivity contribution < 1.29 is 13.2 Å². The molecule has 0 aliphatic heterocycles. The first-order chi connectivity index (χ1) is 12.2. The van der Waals surface area contributed by atoms with Gasteiger partial charge >= 0.3 is 6.18 Å². The Bertz CT molecular complexity index is 944. The molecule has 1 aromatic carbocycles. The third-order valence-corrected chi connectivity index (χ3v) is 4.57. The van der Waals surface area contributed by atoms with E-state index >= 15 is 0 Å². The van der Waals surface area contributed by atoms with E-state index in [-0.39, 0.29) is 11.4 Å². The van der Waals surface area contributed by atoms with Gasteiger partial charge in [0.1, 0.15) is 5.70 Å². The molecule has 1 aliphatic rings. The van der Waals surface area contributed by atoms with Gasteiger partial charge in [-0.3, -0.25) is 5.41 Å². The summed E-state index contributed by atoms with van der Waals surface area (Å²) in [4.78, 5) is 4.42. The summed E-state index contributed by atoms with van der Waals surface area (Å²) in [6.45, 7) is 0. The molecule has 0 unspecified atom stereocenters. The third kappa shape index (κ3) is 3.02. The molecule has 1 heterocycles. The number of aromatic nitrogens is 1. The number of benzene rings is 1. The molecule has 6 N–H and O–H groups in total. The van der Waals surface area contributed by atoms with Crippen molar-refractivity contribution in [2.45, 2.75) is 31.9 Å². The molecule has 0 bridgehead atoms. The van der Waals surface area contributed by atoms with E-state index in [2.05, 4.69) is 4.98 Å². The summed E-state index contributed by atoms with van der Waals surface area (Å²) in [5.41, 5.74) is 12.7. The Balaban J connectivity index is 2.27. The maximum Gasteiger partial charge on any atom is 0.430 e. The van der Waals surface area contributed by atoms with E-state index in [9.17, 15) is 13.2 Å². The predicted molar refractivity (Wildman–Crippen MR) is 95.8 cm³/mol. The number of nitrogens with two attached hydrogens (primary N) is 2. The maximum atomic E-state index is 12.7. The molecule has 8 heteroatoms. The van der Waals surface area contributed by atoms with Crippen LogP contribution in [0.15, 0.2) is 23.9 Å². The van der Waals surface area contributed by atoms with E-state index in [1.54, 1.807) is 12.1 Å². The first-order valence-corrected chi connectivity index (χ1v) is 8.11. The molecule has 1 aromatic heterocycles. The molecule has 0 amide bonds. The van der Waals surface area contributed by atoms with Crippen LogP contribution in [0.4, 0.5) is 18.9 Å². The largest absolute Gasteiger partial charge is 0.430 e. The monoisotopic (exact) mass is 361 g/mol. The topological polar surface area (TPSA) is 113 Å². The van der Waals surface area contributed by atoms with Gasteiger partial charge in [-0.2, -0.15) is 13.2 Å². The number of nitrogen functional groups attached to an aromatic ring is 1. The van der Waals surface area contributed by atoms with Gasteiger partial charge in [0.15, 0.2) is 0 Å². The Labute approximate surface area is 147 Å². The van der Waals surface area contributed by atoms with Gasteiger partial charge in [-0.15, -0.1) is 0 Å².